The molecule has 6 rings (SSSR count). The summed E-state index contributed by atoms with van der Waals surface area (Å²) in [5.74, 6) is 1.09. The van der Waals surface area contributed by atoms with Crippen LogP contribution >= 0.6 is 12.2 Å². The van der Waals surface area contributed by atoms with Crippen molar-refractivity contribution in [3.8, 4) is 28.2 Å². The van der Waals surface area contributed by atoms with Crippen LogP contribution in [-0.4, -0.2) is 51.9 Å². The first kappa shape index (κ1) is 54.9. The molecule has 2 aliphatic carbocycles. The van der Waals surface area contributed by atoms with Gasteiger partial charge < -0.3 is 30.6 Å². The van der Waals surface area contributed by atoms with E-state index in [0.717, 1.165) is 49.5 Å². The number of carbonyl (C=O) groups excluding carboxylic acids is 3. The minimum Gasteiger partial charge on any atom is -0.508 e. The van der Waals surface area contributed by atoms with Crippen LogP contribution in [0.3, 0.4) is 0 Å². The van der Waals surface area contributed by atoms with Crippen LogP contribution in [0.2, 0.25) is 0 Å². The van der Waals surface area contributed by atoms with Crippen molar-refractivity contribution >= 4 is 57.4 Å². The van der Waals surface area contributed by atoms with Crippen molar-refractivity contribution in [3.63, 3.8) is 0 Å². The molecular weight excluding hydrogens is 923 g/mol. The highest BCUT2D eigenvalue weighted by Gasteiger charge is 2.30. The second kappa shape index (κ2) is 26.3. The number of unbranched alkanes of at least 4 members (excludes halogenated alkanes) is 2. The van der Waals surface area contributed by atoms with E-state index in [1.807, 2.05) is 6.07 Å². The molecule has 0 spiro atoms. The molecule has 0 bridgehead atoms. The summed E-state index contributed by atoms with van der Waals surface area (Å²) in [5, 5.41) is 30.5. The maximum absolute atomic E-state index is 13.6. The van der Waals surface area contributed by atoms with E-state index in [1.165, 1.54) is 80.9 Å². The number of fused-ring (bicyclic) bond motifs is 3. The Hall–Kier alpha value is -6.40. The van der Waals surface area contributed by atoms with Crippen molar-refractivity contribution in [2.45, 2.75) is 138 Å². The molecule has 3 aromatic carbocycles. The zero-order valence-corrected chi connectivity index (χ0v) is 43.8. The van der Waals surface area contributed by atoms with Gasteiger partial charge in [-0.15, -0.1) is 0 Å². The van der Waals surface area contributed by atoms with E-state index in [2.05, 4.69) is 56.6 Å². The third-order valence-electron chi connectivity index (χ3n) is 14.0. The van der Waals surface area contributed by atoms with Gasteiger partial charge in [-0.05, 0) is 142 Å². The predicted octanol–water partition coefficient (Wildman–Crippen LogP) is 13.6. The van der Waals surface area contributed by atoms with Crippen molar-refractivity contribution in [2.75, 3.05) is 18.4 Å². The lowest BCUT2D eigenvalue weighted by Crippen LogP contribution is -2.29. The highest BCUT2D eigenvalue weighted by atomic mass is 32.1. The van der Waals surface area contributed by atoms with Crippen LogP contribution in [-0.2, 0) is 11.2 Å². The zero-order valence-electron chi connectivity index (χ0n) is 43.0. The number of ketones is 2. The van der Waals surface area contributed by atoms with E-state index in [1.54, 1.807) is 43.3 Å². The average Bonchev–Trinajstić information content (AvgIpc) is 3.33. The van der Waals surface area contributed by atoms with Gasteiger partial charge in [0.05, 0.1) is 5.56 Å². The van der Waals surface area contributed by atoms with Crippen LogP contribution in [0.5, 0.6) is 5.75 Å². The molecule has 0 aromatic heterocycles. The number of hydrogen-bond donors (Lipinski definition) is 5. The number of aromatic carboxylic acids is 1. The highest BCUT2D eigenvalue weighted by Crippen LogP contribution is 2.42. The summed E-state index contributed by atoms with van der Waals surface area (Å²) >= 11 is 5.51. The number of phenols is 1. The number of carbonyl (C=O) groups is 4. The van der Waals surface area contributed by atoms with Crippen LogP contribution in [0.1, 0.15) is 168 Å². The largest absolute Gasteiger partial charge is 0.508 e. The number of carboxylic acid groups (broad SMARTS) is 1. The topological polar surface area (TPSA) is 175 Å². The fourth-order valence-electron chi connectivity index (χ4n) is 9.68. The smallest absolute Gasteiger partial charge is 0.336 e. The number of rotatable bonds is 26. The molecule has 3 aromatic rings. The lowest BCUT2D eigenvalue weighted by Gasteiger charge is -2.19. The standard InChI is InChI=1S/C60H73N3O8S/c1-37(2)13-10-14-38(3)15-11-16-39(4)17-12-18-40(5)19-25-46-41(6)57(67)51-33-42(20-26-48(51)58(46)68)21-30-55(66)61-31-8-7-9-32-62-60(72)63-43-22-27-47(52(34-43)59(69)70)56-49-28-23-44(64)35-53(49)71-54-36-45(65)24-29-50(54)56/h19-20,22-24,26-29,33-39,64H,7-18,21,25,30-32H2,1-6H3,(H,61,66)(H,69,70)(H2,62,63,72)/b40-19+. The Labute approximate surface area is 430 Å². The fourth-order valence-corrected chi connectivity index (χ4v) is 9.90. The number of carboxylic acids is 1. The Morgan fingerprint density at radius 2 is 1.39 bits per heavy atom. The lowest BCUT2D eigenvalue weighted by atomic mass is 9.82. The number of allylic oxidation sites excluding steroid dienone is 4. The normalized spacial score (nSPS) is 13.7. The Balaban J connectivity index is 0.882. The van der Waals surface area contributed by atoms with Crippen molar-refractivity contribution in [1.29, 1.82) is 0 Å². The molecule has 2 atom stereocenters. The van der Waals surface area contributed by atoms with E-state index in [-0.39, 0.29) is 46.4 Å². The Morgan fingerprint density at radius 1 is 0.708 bits per heavy atom. The maximum atomic E-state index is 13.6. The maximum Gasteiger partial charge on any atom is 0.336 e. The lowest BCUT2D eigenvalue weighted by molar-refractivity contribution is -0.121. The molecule has 1 heterocycles. The van der Waals surface area contributed by atoms with Crippen LogP contribution in [0.25, 0.3) is 33.4 Å². The van der Waals surface area contributed by atoms with Crippen LogP contribution in [0.4, 0.5) is 5.69 Å². The van der Waals surface area contributed by atoms with Crippen LogP contribution in [0.15, 0.2) is 105 Å². The molecule has 0 fully saturated rings. The molecule has 11 nitrogen and oxygen atoms in total. The summed E-state index contributed by atoms with van der Waals surface area (Å²) in [6.45, 7) is 14.3. The number of nitrogens with one attached hydrogen (secondary N) is 3. The van der Waals surface area contributed by atoms with Gasteiger partial charge in [0.2, 0.25) is 5.91 Å². The van der Waals surface area contributed by atoms with Crippen molar-refractivity contribution in [2.24, 2.45) is 17.8 Å². The van der Waals surface area contributed by atoms with Crippen molar-refractivity contribution in [3.05, 3.63) is 128 Å². The second-order valence-electron chi connectivity index (χ2n) is 20.4. The summed E-state index contributed by atoms with van der Waals surface area (Å²) in [6, 6.07) is 19.2. The summed E-state index contributed by atoms with van der Waals surface area (Å²) in [6.07, 6.45) is 16.9. The van der Waals surface area contributed by atoms with E-state index < -0.39 is 5.97 Å². The molecule has 0 saturated heterocycles. The first-order valence-electron chi connectivity index (χ1n) is 26.0. The van der Waals surface area contributed by atoms with Gasteiger partial charge in [0.1, 0.15) is 17.1 Å². The van der Waals surface area contributed by atoms with Crippen molar-refractivity contribution < 1.29 is 33.8 Å². The van der Waals surface area contributed by atoms with Gasteiger partial charge in [0.15, 0.2) is 22.1 Å². The number of aromatic hydroxyl groups is 1. The average molecular weight is 996 g/mol. The first-order valence-corrected chi connectivity index (χ1v) is 26.4. The highest BCUT2D eigenvalue weighted by molar-refractivity contribution is 7.80. The number of benzene rings is 4. The van der Waals surface area contributed by atoms with E-state index >= 15 is 0 Å². The number of hydrogen-bond acceptors (Lipinski definition) is 8. The molecule has 0 saturated carbocycles. The Morgan fingerprint density at radius 3 is 2.11 bits per heavy atom. The zero-order chi connectivity index (χ0) is 51.9. The number of anilines is 1. The molecule has 0 radical (unpaired) electrons. The molecule has 2 unspecified atom stereocenters. The minimum absolute atomic E-state index is 0.00584. The van der Waals surface area contributed by atoms with E-state index in [9.17, 15) is 34.2 Å². The van der Waals surface area contributed by atoms with Gasteiger partial charge >= 0.3 is 5.97 Å². The van der Waals surface area contributed by atoms with Crippen LogP contribution in [0, 0.1) is 17.8 Å². The van der Waals surface area contributed by atoms with Gasteiger partial charge in [-0.1, -0.05) is 102 Å². The van der Waals surface area contributed by atoms with Crippen molar-refractivity contribution in [1.82, 2.24) is 10.6 Å². The summed E-state index contributed by atoms with van der Waals surface area (Å²) in [7, 11) is 0. The number of aryl methyl sites for hydroxylation is 1. The summed E-state index contributed by atoms with van der Waals surface area (Å²) in [4.78, 5) is 64.7. The molecule has 72 heavy (non-hydrogen) atoms. The predicted molar refractivity (Wildman–Crippen MR) is 293 cm³/mol. The molecule has 382 valence electrons. The van der Waals surface area contributed by atoms with E-state index in [4.69, 9.17) is 16.6 Å². The van der Waals surface area contributed by atoms with Gasteiger partial charge in [0, 0.05) is 76.1 Å². The number of phenolic OH excluding ortho intramolecular Hbond substituents is 1. The molecule has 1 amide bonds. The fraction of sp³-hybridized carbons (Fsp3) is 0.433. The number of amides is 1. The number of thiocarbonyl (C=S) groups is 1. The third kappa shape index (κ3) is 15.3. The third-order valence-corrected chi connectivity index (χ3v) is 14.2. The minimum atomic E-state index is -1.16. The first-order chi connectivity index (χ1) is 34.5. The molecule has 3 aliphatic rings. The van der Waals surface area contributed by atoms with Gasteiger partial charge in [-0.3, -0.25) is 19.2 Å². The molecule has 5 N–H and O–H groups in total. The quantitative estimate of drug-likeness (QED) is 0.0154. The summed E-state index contributed by atoms with van der Waals surface area (Å²) < 4.78 is 5.92. The summed E-state index contributed by atoms with van der Waals surface area (Å²) in [5.41, 5.74) is 6.03. The number of Topliss-reactive ketones (excluding diaryl/α,β-unsaturated/α-hetero) is 2. The Kier molecular flexibility index (Phi) is 20.1. The van der Waals surface area contributed by atoms with Gasteiger partial charge in [-0.25, -0.2) is 4.79 Å². The Bertz CT molecular complexity index is 2860. The van der Waals surface area contributed by atoms with E-state index in [0.29, 0.717) is 92.6 Å². The monoisotopic (exact) mass is 996 g/mol. The molecule has 1 aliphatic heterocycles. The second-order valence-corrected chi connectivity index (χ2v) is 20.8. The molecular formula is C60H73N3O8S. The van der Waals surface area contributed by atoms with Gasteiger partial charge in [-0.2, -0.15) is 0 Å². The van der Waals surface area contributed by atoms with Crippen LogP contribution < -0.4 is 21.4 Å². The molecule has 12 heteroatoms. The van der Waals surface area contributed by atoms with Gasteiger partial charge in [0.25, 0.3) is 0 Å². The SMILES string of the molecule is CC1=C(C/C=C(\C)CCCC(C)CCCC(C)CCCC(C)C)C(=O)c2ccc(CCC(=O)NCCCCCNC(=S)Nc3ccc(-c4c5ccc(=O)cc-5oc5cc(O)ccc45)c(C(=O)O)c3)cc2C1=O.